The Hall–Kier alpha value is -2.10. The number of aryl methyl sites for hydroxylation is 1. The molecule has 1 N–H and O–H groups in total. The monoisotopic (exact) mass is 256 g/mol. The number of aromatic nitrogens is 2. The standard InChI is InChI=1S/C15H16N2O2/c1-10-2-6-12(7-3-10)14-16-8-13(15(18)19)17(14)9-11-4-5-11/h2-3,6-8,11H,4-5,9H2,1H3,(H,18,19). The number of carbonyl (C=O) groups is 1. The van der Waals surface area contributed by atoms with Crippen LogP contribution in [0.2, 0.25) is 0 Å². The van der Waals surface area contributed by atoms with Crippen LogP contribution in [0.15, 0.2) is 30.5 Å². The molecule has 0 amide bonds. The molecule has 98 valence electrons. The lowest BCUT2D eigenvalue weighted by atomic mass is 10.1. The lowest BCUT2D eigenvalue weighted by Crippen LogP contribution is -2.11. The van der Waals surface area contributed by atoms with Gasteiger partial charge >= 0.3 is 5.97 Å². The Balaban J connectivity index is 2.04. The first kappa shape index (κ1) is 12.0. The highest BCUT2D eigenvalue weighted by Crippen LogP contribution is 2.33. The molecular weight excluding hydrogens is 240 g/mol. The summed E-state index contributed by atoms with van der Waals surface area (Å²) in [7, 11) is 0. The van der Waals surface area contributed by atoms with Crippen LogP contribution in [0, 0.1) is 12.8 Å². The summed E-state index contributed by atoms with van der Waals surface area (Å²) in [6, 6.07) is 8.03. The average Bonchev–Trinajstić information content (AvgIpc) is 3.09. The zero-order chi connectivity index (χ0) is 13.4. The van der Waals surface area contributed by atoms with Gasteiger partial charge in [0.2, 0.25) is 0 Å². The number of hydrogen-bond donors (Lipinski definition) is 1. The molecule has 1 aliphatic rings. The number of carboxylic acids is 1. The second-order valence-electron chi connectivity index (χ2n) is 5.19. The molecular formula is C15H16N2O2. The molecule has 1 aromatic heterocycles. The summed E-state index contributed by atoms with van der Waals surface area (Å²) in [6.07, 6.45) is 3.83. The Labute approximate surface area is 111 Å². The maximum atomic E-state index is 11.3. The first-order valence-electron chi connectivity index (χ1n) is 6.51. The predicted molar refractivity (Wildman–Crippen MR) is 72.1 cm³/mol. The largest absolute Gasteiger partial charge is 0.477 e. The van der Waals surface area contributed by atoms with Crippen molar-refractivity contribution in [2.45, 2.75) is 26.3 Å². The second-order valence-corrected chi connectivity index (χ2v) is 5.19. The molecule has 0 spiro atoms. The molecule has 1 saturated carbocycles. The molecule has 1 aliphatic carbocycles. The normalized spacial score (nSPS) is 14.6. The van der Waals surface area contributed by atoms with Gasteiger partial charge in [-0.1, -0.05) is 29.8 Å². The Kier molecular flexibility index (Phi) is 2.85. The van der Waals surface area contributed by atoms with Crippen LogP contribution in [0.3, 0.4) is 0 Å². The maximum Gasteiger partial charge on any atom is 0.354 e. The summed E-state index contributed by atoms with van der Waals surface area (Å²) in [5.74, 6) is 0.451. The molecule has 0 saturated heterocycles. The van der Waals surface area contributed by atoms with Gasteiger partial charge in [-0.25, -0.2) is 9.78 Å². The second kappa shape index (κ2) is 4.53. The number of carboxylic acid groups (broad SMARTS) is 1. The van der Waals surface area contributed by atoms with E-state index in [1.807, 2.05) is 35.8 Å². The number of imidazole rings is 1. The molecule has 0 unspecified atom stereocenters. The van der Waals surface area contributed by atoms with E-state index >= 15 is 0 Å². The van der Waals surface area contributed by atoms with E-state index in [4.69, 9.17) is 0 Å². The molecule has 0 radical (unpaired) electrons. The smallest absolute Gasteiger partial charge is 0.354 e. The van der Waals surface area contributed by atoms with Gasteiger partial charge in [0.25, 0.3) is 0 Å². The first-order valence-corrected chi connectivity index (χ1v) is 6.51. The Bertz CT molecular complexity index is 610. The van der Waals surface area contributed by atoms with Crippen LogP contribution in [0.5, 0.6) is 0 Å². The van der Waals surface area contributed by atoms with Gasteiger partial charge in [-0.2, -0.15) is 0 Å². The number of benzene rings is 1. The van der Waals surface area contributed by atoms with Crippen molar-refractivity contribution in [1.29, 1.82) is 0 Å². The Morgan fingerprint density at radius 2 is 2.05 bits per heavy atom. The van der Waals surface area contributed by atoms with Crippen LogP contribution in [-0.2, 0) is 6.54 Å². The third-order valence-corrected chi connectivity index (χ3v) is 3.52. The molecule has 4 nitrogen and oxygen atoms in total. The van der Waals surface area contributed by atoms with Crippen molar-refractivity contribution < 1.29 is 9.90 Å². The van der Waals surface area contributed by atoms with Crippen molar-refractivity contribution in [1.82, 2.24) is 9.55 Å². The third kappa shape index (κ3) is 2.38. The van der Waals surface area contributed by atoms with Crippen LogP contribution >= 0.6 is 0 Å². The summed E-state index contributed by atoms with van der Waals surface area (Å²) < 4.78 is 1.84. The fourth-order valence-corrected chi connectivity index (χ4v) is 2.22. The molecule has 4 heteroatoms. The zero-order valence-electron chi connectivity index (χ0n) is 10.8. The lowest BCUT2D eigenvalue weighted by molar-refractivity contribution is 0.0685. The van der Waals surface area contributed by atoms with Crippen molar-refractivity contribution in [2.75, 3.05) is 0 Å². The van der Waals surface area contributed by atoms with Gasteiger partial charge in [-0.3, -0.25) is 0 Å². The van der Waals surface area contributed by atoms with Crippen molar-refractivity contribution >= 4 is 5.97 Å². The molecule has 1 aromatic carbocycles. The van der Waals surface area contributed by atoms with Gasteiger partial charge in [0.1, 0.15) is 11.5 Å². The van der Waals surface area contributed by atoms with Crippen molar-refractivity contribution in [3.8, 4) is 11.4 Å². The number of nitrogens with zero attached hydrogens (tertiary/aromatic N) is 2. The van der Waals surface area contributed by atoms with E-state index in [9.17, 15) is 9.90 Å². The van der Waals surface area contributed by atoms with Crippen molar-refractivity contribution in [2.24, 2.45) is 5.92 Å². The highest BCUT2D eigenvalue weighted by molar-refractivity contribution is 5.86. The topological polar surface area (TPSA) is 55.1 Å². The fraction of sp³-hybridized carbons (Fsp3) is 0.333. The number of aromatic carboxylic acids is 1. The maximum absolute atomic E-state index is 11.3. The van der Waals surface area contributed by atoms with Gasteiger partial charge in [-0.15, -0.1) is 0 Å². The van der Waals surface area contributed by atoms with Gasteiger partial charge in [0, 0.05) is 12.1 Å². The molecule has 1 fully saturated rings. The summed E-state index contributed by atoms with van der Waals surface area (Å²) >= 11 is 0. The summed E-state index contributed by atoms with van der Waals surface area (Å²) in [4.78, 5) is 15.6. The molecule has 19 heavy (non-hydrogen) atoms. The van der Waals surface area contributed by atoms with Crippen molar-refractivity contribution in [3.63, 3.8) is 0 Å². The quantitative estimate of drug-likeness (QED) is 0.915. The van der Waals surface area contributed by atoms with Crippen molar-refractivity contribution in [3.05, 3.63) is 41.7 Å². The highest BCUT2D eigenvalue weighted by atomic mass is 16.4. The minimum absolute atomic E-state index is 0.280. The lowest BCUT2D eigenvalue weighted by Gasteiger charge is -2.09. The van der Waals surface area contributed by atoms with E-state index in [0.717, 1.165) is 17.9 Å². The van der Waals surface area contributed by atoms with E-state index in [1.54, 1.807) is 0 Å². The van der Waals surface area contributed by atoms with Crippen LogP contribution in [-0.4, -0.2) is 20.6 Å². The van der Waals surface area contributed by atoms with Gasteiger partial charge in [-0.05, 0) is 25.7 Å². The van der Waals surface area contributed by atoms with E-state index in [-0.39, 0.29) is 5.69 Å². The average molecular weight is 256 g/mol. The molecule has 0 bridgehead atoms. The van der Waals surface area contributed by atoms with E-state index < -0.39 is 5.97 Å². The van der Waals surface area contributed by atoms with E-state index in [2.05, 4.69) is 4.98 Å². The number of rotatable bonds is 4. The minimum atomic E-state index is -0.911. The summed E-state index contributed by atoms with van der Waals surface area (Å²) in [5, 5.41) is 9.24. The minimum Gasteiger partial charge on any atom is -0.477 e. The van der Waals surface area contributed by atoms with Crippen LogP contribution in [0.1, 0.15) is 28.9 Å². The summed E-state index contributed by atoms with van der Waals surface area (Å²) in [6.45, 7) is 2.79. The van der Waals surface area contributed by atoms with Crippen LogP contribution in [0.4, 0.5) is 0 Å². The third-order valence-electron chi connectivity index (χ3n) is 3.52. The van der Waals surface area contributed by atoms with Gasteiger partial charge in [0.15, 0.2) is 0 Å². The Morgan fingerprint density at radius 3 is 2.63 bits per heavy atom. The molecule has 0 aliphatic heterocycles. The first-order chi connectivity index (χ1) is 9.15. The molecule has 3 rings (SSSR count). The van der Waals surface area contributed by atoms with E-state index in [0.29, 0.717) is 5.92 Å². The molecule has 1 heterocycles. The van der Waals surface area contributed by atoms with Gasteiger partial charge < -0.3 is 9.67 Å². The summed E-state index contributed by atoms with van der Waals surface area (Å²) in [5.41, 5.74) is 2.43. The number of hydrogen-bond acceptors (Lipinski definition) is 2. The zero-order valence-corrected chi connectivity index (χ0v) is 10.8. The Morgan fingerprint density at radius 1 is 1.37 bits per heavy atom. The highest BCUT2D eigenvalue weighted by Gasteiger charge is 2.26. The SMILES string of the molecule is Cc1ccc(-c2ncc(C(=O)O)n2CC2CC2)cc1. The van der Waals surface area contributed by atoms with Crippen LogP contribution < -0.4 is 0 Å². The molecule has 2 aromatic rings. The van der Waals surface area contributed by atoms with Gasteiger partial charge in [0.05, 0.1) is 6.20 Å². The van der Waals surface area contributed by atoms with E-state index in [1.165, 1.54) is 24.6 Å². The predicted octanol–water partition coefficient (Wildman–Crippen LogP) is 2.97. The fourth-order valence-electron chi connectivity index (χ4n) is 2.22. The van der Waals surface area contributed by atoms with Crippen LogP contribution in [0.25, 0.3) is 11.4 Å². The molecule has 0 atom stereocenters.